The van der Waals surface area contributed by atoms with Crippen LogP contribution in [0.3, 0.4) is 0 Å². The third kappa shape index (κ3) is 2.22. The zero-order chi connectivity index (χ0) is 21.3. The fourth-order valence-corrected chi connectivity index (χ4v) is 6.90. The molecule has 6 rings (SSSR count). The molecule has 5 aliphatic rings. The molecule has 30 heavy (non-hydrogen) atoms. The molecule has 1 saturated carbocycles. The summed E-state index contributed by atoms with van der Waals surface area (Å²) in [6.07, 6.45) is 6.69. The van der Waals surface area contributed by atoms with Crippen LogP contribution in [0.25, 0.3) is 0 Å². The van der Waals surface area contributed by atoms with Crippen LogP contribution in [0, 0.1) is 11.3 Å². The fourth-order valence-electron chi connectivity index (χ4n) is 6.90. The van der Waals surface area contributed by atoms with Crippen LogP contribution in [0.1, 0.15) is 77.2 Å². The van der Waals surface area contributed by atoms with Gasteiger partial charge in [0.25, 0.3) is 0 Å². The molecule has 5 nitrogen and oxygen atoms in total. The van der Waals surface area contributed by atoms with Crippen LogP contribution in [0.4, 0.5) is 0 Å². The van der Waals surface area contributed by atoms with E-state index in [1.54, 1.807) is 0 Å². The highest BCUT2D eigenvalue weighted by Crippen LogP contribution is 2.72. The summed E-state index contributed by atoms with van der Waals surface area (Å²) in [6, 6.07) is 0. The summed E-state index contributed by atoms with van der Waals surface area (Å²) in [5, 5.41) is 11.5. The molecule has 1 N–H and O–H groups in total. The molecule has 0 unspecified atom stereocenters. The van der Waals surface area contributed by atoms with E-state index in [1.807, 2.05) is 6.26 Å². The first-order valence-corrected chi connectivity index (χ1v) is 11.5. The molecular formula is C25H34O5. The first-order chi connectivity index (χ1) is 14.0. The highest BCUT2D eigenvalue weighted by atomic mass is 16.7. The SMILES string of the molecule is CC(C)[C@]12O[C@H]1C=C1[C@]3(O[C@H]3C[C@H]3c4coc(COC(C)(C)C)c4CC[C@]13C)[C@@H]2O. The zero-order valence-electron chi connectivity index (χ0n) is 19.0. The number of fused-ring (bicyclic) bond motifs is 5. The second-order valence-corrected chi connectivity index (χ2v) is 11.6. The molecule has 3 fully saturated rings. The Bertz CT molecular complexity index is 938. The monoisotopic (exact) mass is 414 g/mol. The van der Waals surface area contributed by atoms with Gasteiger partial charge in [-0.1, -0.05) is 26.8 Å². The van der Waals surface area contributed by atoms with Gasteiger partial charge in [0.1, 0.15) is 35.8 Å². The fraction of sp³-hybridized carbons (Fsp3) is 0.760. The van der Waals surface area contributed by atoms with Crippen LogP contribution in [-0.2, 0) is 27.2 Å². The molecule has 3 aliphatic carbocycles. The number of furan rings is 1. The van der Waals surface area contributed by atoms with Gasteiger partial charge in [-0.25, -0.2) is 0 Å². The number of aliphatic hydroxyl groups excluding tert-OH is 1. The Hall–Kier alpha value is -1.14. The number of epoxide rings is 2. The van der Waals surface area contributed by atoms with E-state index in [0.717, 1.165) is 25.0 Å². The van der Waals surface area contributed by atoms with Crippen molar-refractivity contribution in [2.24, 2.45) is 11.3 Å². The number of hydrogen-bond acceptors (Lipinski definition) is 5. The summed E-state index contributed by atoms with van der Waals surface area (Å²) in [5.74, 6) is 1.58. The average Bonchev–Trinajstić information content (AvgIpc) is 3.53. The normalized spacial score (nSPS) is 45.7. The van der Waals surface area contributed by atoms with Crippen molar-refractivity contribution >= 4 is 0 Å². The van der Waals surface area contributed by atoms with E-state index in [4.69, 9.17) is 18.6 Å². The molecule has 3 heterocycles. The Kier molecular flexibility index (Phi) is 3.65. The summed E-state index contributed by atoms with van der Waals surface area (Å²) in [4.78, 5) is 0. The Morgan fingerprint density at radius 3 is 2.73 bits per heavy atom. The number of rotatable bonds is 3. The maximum Gasteiger partial charge on any atom is 0.145 e. The van der Waals surface area contributed by atoms with Gasteiger partial charge in [0.2, 0.25) is 0 Å². The van der Waals surface area contributed by atoms with Crippen molar-refractivity contribution in [2.75, 3.05) is 0 Å². The summed E-state index contributed by atoms with van der Waals surface area (Å²) in [7, 11) is 0. The quantitative estimate of drug-likeness (QED) is 0.591. The first kappa shape index (κ1) is 19.5. The van der Waals surface area contributed by atoms with Crippen LogP contribution in [0.15, 0.2) is 22.3 Å². The lowest BCUT2D eigenvalue weighted by molar-refractivity contribution is -0.0229. The molecule has 0 aromatic carbocycles. The lowest BCUT2D eigenvalue weighted by Gasteiger charge is -2.50. The molecular weight excluding hydrogens is 380 g/mol. The van der Waals surface area contributed by atoms with E-state index in [9.17, 15) is 5.11 Å². The standard InChI is InChI=1S/C25H34O5/c1-13(2)24-20(29-24)10-18-23(6)8-7-14-15(11-27-17(14)12-28-22(3,4)5)16(23)9-19-25(18,30-19)21(24)26/h10-11,13,16,19-21,26H,7-9,12H2,1-6H3/t16-,19-,20-,21+,23-,24-,25+/m0/s1. The Balaban J connectivity index is 1.37. The summed E-state index contributed by atoms with van der Waals surface area (Å²) in [5.41, 5.74) is 2.69. The molecule has 7 atom stereocenters. The van der Waals surface area contributed by atoms with Gasteiger partial charge in [0, 0.05) is 0 Å². The lowest BCUT2D eigenvalue weighted by atomic mass is 9.51. The molecule has 5 heteroatoms. The Morgan fingerprint density at radius 2 is 2.03 bits per heavy atom. The van der Waals surface area contributed by atoms with Crippen molar-refractivity contribution in [2.45, 2.75) is 108 Å². The molecule has 2 aliphatic heterocycles. The number of hydrogen-bond donors (Lipinski definition) is 1. The van der Waals surface area contributed by atoms with E-state index in [1.165, 1.54) is 16.7 Å². The third-order valence-corrected chi connectivity index (χ3v) is 8.71. The van der Waals surface area contributed by atoms with E-state index in [2.05, 4.69) is 47.6 Å². The van der Waals surface area contributed by atoms with Crippen molar-refractivity contribution in [1.82, 2.24) is 0 Å². The molecule has 0 bridgehead atoms. The highest BCUT2D eigenvalue weighted by molar-refractivity contribution is 5.53. The van der Waals surface area contributed by atoms with Crippen LogP contribution >= 0.6 is 0 Å². The minimum Gasteiger partial charge on any atom is -0.466 e. The van der Waals surface area contributed by atoms with Gasteiger partial charge in [-0.05, 0) is 74.0 Å². The lowest BCUT2D eigenvalue weighted by Crippen LogP contribution is -2.57. The highest BCUT2D eigenvalue weighted by Gasteiger charge is 2.82. The second kappa shape index (κ2) is 5.61. The maximum atomic E-state index is 11.5. The topological polar surface area (TPSA) is 67.7 Å². The predicted octanol–water partition coefficient (Wildman–Crippen LogP) is 4.27. The minimum absolute atomic E-state index is 0.00930. The van der Waals surface area contributed by atoms with Crippen molar-refractivity contribution in [1.29, 1.82) is 0 Å². The predicted molar refractivity (Wildman–Crippen MR) is 111 cm³/mol. The van der Waals surface area contributed by atoms with E-state index >= 15 is 0 Å². The summed E-state index contributed by atoms with van der Waals surface area (Å²) < 4.78 is 24.5. The maximum absolute atomic E-state index is 11.5. The van der Waals surface area contributed by atoms with Crippen molar-refractivity contribution in [3.63, 3.8) is 0 Å². The average molecular weight is 415 g/mol. The van der Waals surface area contributed by atoms with Crippen molar-refractivity contribution in [3.05, 3.63) is 34.8 Å². The molecule has 1 aromatic rings. The minimum atomic E-state index is -0.584. The Morgan fingerprint density at radius 1 is 1.27 bits per heavy atom. The van der Waals surface area contributed by atoms with Crippen LogP contribution in [0.5, 0.6) is 0 Å². The number of ether oxygens (including phenoxy) is 3. The Labute approximate surface area is 178 Å². The van der Waals surface area contributed by atoms with Gasteiger partial charge in [0.15, 0.2) is 0 Å². The van der Waals surface area contributed by atoms with Gasteiger partial charge < -0.3 is 23.7 Å². The smallest absolute Gasteiger partial charge is 0.145 e. The van der Waals surface area contributed by atoms with Gasteiger partial charge in [0.05, 0.1) is 18.0 Å². The van der Waals surface area contributed by atoms with Crippen LogP contribution in [0.2, 0.25) is 0 Å². The van der Waals surface area contributed by atoms with Crippen molar-refractivity contribution in [3.8, 4) is 0 Å². The number of aliphatic hydroxyl groups is 1. The summed E-state index contributed by atoms with van der Waals surface area (Å²) in [6.45, 7) is 13.4. The molecule has 164 valence electrons. The zero-order valence-corrected chi connectivity index (χ0v) is 19.0. The third-order valence-electron chi connectivity index (χ3n) is 8.71. The summed E-state index contributed by atoms with van der Waals surface area (Å²) >= 11 is 0. The molecule has 0 radical (unpaired) electrons. The molecule has 2 saturated heterocycles. The van der Waals surface area contributed by atoms with Crippen LogP contribution < -0.4 is 0 Å². The molecule has 1 spiro atoms. The van der Waals surface area contributed by atoms with E-state index < -0.39 is 17.3 Å². The van der Waals surface area contributed by atoms with Crippen molar-refractivity contribution < 1.29 is 23.7 Å². The van der Waals surface area contributed by atoms with Crippen LogP contribution in [-0.4, -0.2) is 40.2 Å². The molecule has 0 amide bonds. The molecule has 1 aromatic heterocycles. The largest absolute Gasteiger partial charge is 0.466 e. The first-order valence-electron chi connectivity index (χ1n) is 11.5. The van der Waals surface area contributed by atoms with E-state index in [0.29, 0.717) is 12.5 Å². The van der Waals surface area contributed by atoms with Gasteiger partial charge in [-0.3, -0.25) is 0 Å². The van der Waals surface area contributed by atoms with Gasteiger partial charge in [-0.2, -0.15) is 0 Å². The van der Waals surface area contributed by atoms with Gasteiger partial charge in [-0.15, -0.1) is 0 Å². The van der Waals surface area contributed by atoms with Gasteiger partial charge >= 0.3 is 0 Å². The second-order valence-electron chi connectivity index (χ2n) is 11.6. The van der Waals surface area contributed by atoms with E-state index in [-0.39, 0.29) is 29.1 Å².